The molecular weight excluding hydrogens is 270 g/mol. The van der Waals surface area contributed by atoms with E-state index in [1.807, 2.05) is 40.7 Å². The standard InChI is InChI=1S/C14H19N5O2/c1-16-8-10-14(17-12-4-2-3-5-18(10)12)19-6-7-21-9-11(19)13(15)20/h2-5,11,16H,6-9H2,1H3,(H2,15,20). The summed E-state index contributed by atoms with van der Waals surface area (Å²) in [7, 11) is 1.89. The number of amides is 1. The molecule has 1 fully saturated rings. The molecule has 21 heavy (non-hydrogen) atoms. The Morgan fingerprint density at radius 2 is 2.43 bits per heavy atom. The normalized spacial score (nSPS) is 19.1. The molecule has 0 bridgehead atoms. The van der Waals surface area contributed by atoms with E-state index in [0.717, 1.165) is 17.2 Å². The second kappa shape index (κ2) is 5.71. The first kappa shape index (κ1) is 13.8. The molecule has 0 saturated carbocycles. The summed E-state index contributed by atoms with van der Waals surface area (Å²) in [6.07, 6.45) is 1.97. The molecule has 1 aliphatic heterocycles. The molecule has 2 aromatic heterocycles. The minimum absolute atomic E-state index is 0.308. The number of nitrogens with one attached hydrogen (secondary N) is 1. The smallest absolute Gasteiger partial charge is 0.242 e. The van der Waals surface area contributed by atoms with Gasteiger partial charge in [-0.2, -0.15) is 0 Å². The van der Waals surface area contributed by atoms with Gasteiger partial charge >= 0.3 is 0 Å². The number of ether oxygens (including phenoxy) is 1. The van der Waals surface area contributed by atoms with Crippen molar-refractivity contribution < 1.29 is 9.53 Å². The number of rotatable bonds is 4. The Morgan fingerprint density at radius 1 is 1.57 bits per heavy atom. The summed E-state index contributed by atoms with van der Waals surface area (Å²) in [6, 6.07) is 5.38. The zero-order chi connectivity index (χ0) is 14.8. The van der Waals surface area contributed by atoms with Gasteiger partial charge < -0.3 is 25.1 Å². The minimum Gasteiger partial charge on any atom is -0.377 e. The first-order valence-corrected chi connectivity index (χ1v) is 6.96. The van der Waals surface area contributed by atoms with Crippen molar-refractivity contribution >= 4 is 17.4 Å². The van der Waals surface area contributed by atoms with Crippen LogP contribution >= 0.6 is 0 Å². The predicted octanol–water partition coefficient (Wildman–Crippen LogP) is -0.256. The number of primary amides is 1. The van der Waals surface area contributed by atoms with Crippen LogP contribution in [-0.4, -0.2) is 48.1 Å². The molecule has 7 nitrogen and oxygen atoms in total. The number of carbonyl (C=O) groups is 1. The Kier molecular flexibility index (Phi) is 3.76. The first-order chi connectivity index (χ1) is 10.2. The number of pyridine rings is 1. The van der Waals surface area contributed by atoms with Gasteiger partial charge in [0.05, 0.1) is 18.9 Å². The van der Waals surface area contributed by atoms with Gasteiger partial charge in [0.1, 0.15) is 11.7 Å². The van der Waals surface area contributed by atoms with Gasteiger partial charge in [-0.1, -0.05) is 6.07 Å². The second-order valence-corrected chi connectivity index (χ2v) is 5.03. The Balaban J connectivity index is 2.09. The highest BCUT2D eigenvalue weighted by atomic mass is 16.5. The maximum Gasteiger partial charge on any atom is 0.242 e. The third-order valence-corrected chi connectivity index (χ3v) is 3.68. The van der Waals surface area contributed by atoms with Gasteiger partial charge in [-0.3, -0.25) is 4.79 Å². The minimum atomic E-state index is -0.473. The van der Waals surface area contributed by atoms with Crippen LogP contribution in [0.2, 0.25) is 0 Å². The van der Waals surface area contributed by atoms with E-state index in [2.05, 4.69) is 10.3 Å². The largest absolute Gasteiger partial charge is 0.377 e. The van der Waals surface area contributed by atoms with E-state index >= 15 is 0 Å². The van der Waals surface area contributed by atoms with E-state index in [-0.39, 0.29) is 5.91 Å². The van der Waals surface area contributed by atoms with Crippen LogP contribution < -0.4 is 16.0 Å². The summed E-state index contributed by atoms with van der Waals surface area (Å²) in [5.41, 5.74) is 7.37. The van der Waals surface area contributed by atoms with Crippen LogP contribution in [0.15, 0.2) is 24.4 Å². The number of anilines is 1. The SMILES string of the molecule is CNCc1c(N2CCOCC2C(N)=O)nc2ccccn12. The number of imidazole rings is 1. The number of nitrogens with zero attached hydrogens (tertiary/aromatic N) is 3. The molecule has 2 aromatic rings. The molecule has 112 valence electrons. The molecule has 1 amide bonds. The predicted molar refractivity (Wildman–Crippen MR) is 79.1 cm³/mol. The highest BCUT2D eigenvalue weighted by Gasteiger charge is 2.31. The highest BCUT2D eigenvalue weighted by molar-refractivity contribution is 5.84. The van der Waals surface area contributed by atoms with Gasteiger partial charge in [0.25, 0.3) is 0 Å². The molecule has 3 rings (SSSR count). The Hall–Kier alpha value is -2.12. The van der Waals surface area contributed by atoms with Crippen LogP contribution in [0.5, 0.6) is 0 Å². The summed E-state index contributed by atoms with van der Waals surface area (Å²) >= 11 is 0. The summed E-state index contributed by atoms with van der Waals surface area (Å²) in [5, 5.41) is 3.15. The monoisotopic (exact) mass is 289 g/mol. The first-order valence-electron chi connectivity index (χ1n) is 6.96. The molecule has 0 aromatic carbocycles. The van der Waals surface area contributed by atoms with Crippen molar-refractivity contribution in [1.29, 1.82) is 0 Å². The lowest BCUT2D eigenvalue weighted by atomic mass is 10.2. The van der Waals surface area contributed by atoms with Crippen LogP contribution in [0.3, 0.4) is 0 Å². The number of carbonyl (C=O) groups excluding carboxylic acids is 1. The van der Waals surface area contributed by atoms with Crippen molar-refractivity contribution in [2.45, 2.75) is 12.6 Å². The van der Waals surface area contributed by atoms with Gasteiger partial charge in [0.2, 0.25) is 5.91 Å². The number of hydrogen-bond acceptors (Lipinski definition) is 5. The van der Waals surface area contributed by atoms with Crippen molar-refractivity contribution in [3.8, 4) is 0 Å². The van der Waals surface area contributed by atoms with E-state index in [0.29, 0.717) is 26.3 Å². The second-order valence-electron chi connectivity index (χ2n) is 5.03. The maximum atomic E-state index is 11.7. The van der Waals surface area contributed by atoms with Gasteiger partial charge in [0, 0.05) is 19.3 Å². The van der Waals surface area contributed by atoms with Gasteiger partial charge in [-0.15, -0.1) is 0 Å². The van der Waals surface area contributed by atoms with Crippen LogP contribution in [0.1, 0.15) is 5.69 Å². The van der Waals surface area contributed by atoms with Crippen molar-refractivity contribution in [3.63, 3.8) is 0 Å². The summed E-state index contributed by atoms with van der Waals surface area (Å²) in [5.74, 6) is 0.407. The van der Waals surface area contributed by atoms with Gasteiger partial charge in [-0.25, -0.2) is 4.98 Å². The topological polar surface area (TPSA) is 84.9 Å². The summed E-state index contributed by atoms with van der Waals surface area (Å²) in [4.78, 5) is 18.3. The number of nitrogens with two attached hydrogens (primary N) is 1. The summed E-state index contributed by atoms with van der Waals surface area (Å²) in [6.45, 7) is 2.14. The Bertz CT molecular complexity index is 654. The fourth-order valence-corrected chi connectivity index (χ4v) is 2.69. The Labute approximate surface area is 122 Å². The van der Waals surface area contributed by atoms with E-state index in [4.69, 9.17) is 10.5 Å². The van der Waals surface area contributed by atoms with Crippen LogP contribution in [0, 0.1) is 0 Å². The molecule has 0 spiro atoms. The van der Waals surface area contributed by atoms with E-state index in [9.17, 15) is 4.79 Å². The third kappa shape index (κ3) is 2.45. The van der Waals surface area contributed by atoms with Gasteiger partial charge in [-0.05, 0) is 19.2 Å². The van der Waals surface area contributed by atoms with E-state index in [1.54, 1.807) is 0 Å². The van der Waals surface area contributed by atoms with Crippen molar-refractivity contribution in [1.82, 2.24) is 14.7 Å². The number of aromatic nitrogens is 2. The van der Waals surface area contributed by atoms with Crippen LogP contribution in [0.25, 0.3) is 5.65 Å². The molecule has 3 heterocycles. The molecule has 1 aliphatic rings. The fourth-order valence-electron chi connectivity index (χ4n) is 2.69. The molecule has 7 heteroatoms. The average Bonchev–Trinajstić information content (AvgIpc) is 2.86. The molecule has 1 unspecified atom stereocenters. The van der Waals surface area contributed by atoms with Crippen LogP contribution in [-0.2, 0) is 16.1 Å². The van der Waals surface area contributed by atoms with Crippen molar-refractivity contribution in [2.75, 3.05) is 31.7 Å². The lowest BCUT2D eigenvalue weighted by Gasteiger charge is -2.34. The fraction of sp³-hybridized carbons (Fsp3) is 0.429. The quantitative estimate of drug-likeness (QED) is 0.810. The molecule has 1 atom stereocenters. The molecule has 0 radical (unpaired) electrons. The van der Waals surface area contributed by atoms with E-state index < -0.39 is 6.04 Å². The molecule has 3 N–H and O–H groups in total. The molecular formula is C14H19N5O2. The van der Waals surface area contributed by atoms with E-state index in [1.165, 1.54) is 0 Å². The number of morpholine rings is 1. The number of fused-ring (bicyclic) bond motifs is 1. The highest BCUT2D eigenvalue weighted by Crippen LogP contribution is 2.25. The third-order valence-electron chi connectivity index (χ3n) is 3.68. The molecule has 1 saturated heterocycles. The maximum absolute atomic E-state index is 11.7. The lowest BCUT2D eigenvalue weighted by molar-refractivity contribution is -0.121. The van der Waals surface area contributed by atoms with Crippen LogP contribution in [0.4, 0.5) is 5.82 Å². The lowest BCUT2D eigenvalue weighted by Crippen LogP contribution is -2.53. The van der Waals surface area contributed by atoms with Crippen molar-refractivity contribution in [2.24, 2.45) is 5.73 Å². The molecule has 0 aliphatic carbocycles. The zero-order valence-electron chi connectivity index (χ0n) is 12.0. The average molecular weight is 289 g/mol. The van der Waals surface area contributed by atoms with Gasteiger partial charge in [0.15, 0.2) is 5.82 Å². The number of hydrogen-bond donors (Lipinski definition) is 2. The Morgan fingerprint density at radius 3 is 3.19 bits per heavy atom. The van der Waals surface area contributed by atoms with Crippen molar-refractivity contribution in [3.05, 3.63) is 30.1 Å². The summed E-state index contributed by atoms with van der Waals surface area (Å²) < 4.78 is 7.40. The zero-order valence-corrected chi connectivity index (χ0v) is 12.0.